The van der Waals surface area contributed by atoms with E-state index in [0.717, 1.165) is 0 Å². The van der Waals surface area contributed by atoms with Crippen molar-refractivity contribution in [2.24, 2.45) is 0 Å². The molecule has 0 spiro atoms. The van der Waals surface area contributed by atoms with Crippen LogP contribution in [0.4, 0.5) is 0 Å². The molecule has 0 unspecified atom stereocenters. The molecular formula is C18H34O. The molecule has 0 bridgehead atoms. The summed E-state index contributed by atoms with van der Waals surface area (Å²) in [6.07, 6.45) is 11.5. The van der Waals surface area contributed by atoms with E-state index in [2.05, 4.69) is 18.6 Å². The zero-order valence-corrected chi connectivity index (χ0v) is 13.5. The van der Waals surface area contributed by atoms with Crippen LogP contribution in [0, 0.1) is 0 Å². The van der Waals surface area contributed by atoms with Gasteiger partial charge >= 0.3 is 0 Å². The Morgan fingerprint density at radius 3 is 0.947 bits per heavy atom. The lowest BCUT2D eigenvalue weighted by Crippen LogP contribution is -1.77. The maximum atomic E-state index is 4.25. The molecule has 0 saturated carbocycles. The first kappa shape index (κ1) is 20.5. The van der Waals surface area contributed by atoms with Gasteiger partial charge in [0.1, 0.15) is 0 Å². The second-order valence-corrected chi connectivity index (χ2v) is 4.68. The molecule has 1 nitrogen and oxygen atoms in total. The number of rotatable bonds is 7. The van der Waals surface area contributed by atoms with Crippen LogP contribution in [0.3, 0.4) is 0 Å². The molecule has 0 aliphatic heterocycles. The van der Waals surface area contributed by atoms with Crippen LogP contribution in [0.2, 0.25) is 0 Å². The molecule has 0 fully saturated rings. The van der Waals surface area contributed by atoms with Gasteiger partial charge in [-0.3, -0.25) is 0 Å². The molecule has 0 aliphatic rings. The topological polar surface area (TPSA) is 9.23 Å². The highest BCUT2D eigenvalue weighted by Crippen LogP contribution is 2.07. The van der Waals surface area contributed by atoms with Crippen LogP contribution >= 0.6 is 0 Å². The Hall–Kier alpha value is -0.820. The largest absolute Gasteiger partial charge is 0.388 e. The third kappa shape index (κ3) is 26.7. The lowest BCUT2D eigenvalue weighted by atomic mass is 10.1. The summed E-state index contributed by atoms with van der Waals surface area (Å²) in [4.78, 5) is 0. The van der Waals surface area contributed by atoms with E-state index in [4.69, 9.17) is 0 Å². The molecule has 19 heavy (non-hydrogen) atoms. The van der Waals surface area contributed by atoms with Gasteiger partial charge in [-0.2, -0.15) is 0 Å². The number of methoxy groups -OCH3 is 1. The molecule has 0 N–H and O–H groups in total. The minimum atomic E-state index is 1.37. The lowest BCUT2D eigenvalue weighted by molar-refractivity contribution is 0.277. The van der Waals surface area contributed by atoms with Crippen molar-refractivity contribution in [1.29, 1.82) is 0 Å². The van der Waals surface area contributed by atoms with Crippen molar-refractivity contribution in [3.63, 3.8) is 0 Å². The summed E-state index contributed by atoms with van der Waals surface area (Å²) >= 11 is 0. The molecule has 1 aromatic rings. The van der Waals surface area contributed by atoms with Gasteiger partial charge in [0, 0.05) is 14.2 Å². The van der Waals surface area contributed by atoms with E-state index in [1.165, 1.54) is 51.4 Å². The van der Waals surface area contributed by atoms with Gasteiger partial charge in [-0.25, -0.2) is 0 Å². The normalized spacial score (nSPS) is 8.84. The summed E-state index contributed by atoms with van der Waals surface area (Å²) in [7, 11) is 3.25. The van der Waals surface area contributed by atoms with Crippen LogP contribution in [0.25, 0.3) is 0 Å². The fourth-order valence-electron chi connectivity index (χ4n) is 1.59. The summed E-state index contributed by atoms with van der Waals surface area (Å²) in [6, 6.07) is 12.0. The van der Waals surface area contributed by atoms with Crippen molar-refractivity contribution >= 4 is 0 Å². The third-order valence-corrected chi connectivity index (χ3v) is 2.62. The van der Waals surface area contributed by atoms with Gasteiger partial charge in [-0.05, 0) is 0 Å². The van der Waals surface area contributed by atoms with E-state index in [0.29, 0.717) is 0 Å². The van der Waals surface area contributed by atoms with E-state index in [1.807, 2.05) is 36.4 Å². The molecule has 0 aromatic heterocycles. The van der Waals surface area contributed by atoms with Gasteiger partial charge in [0.2, 0.25) is 0 Å². The maximum Gasteiger partial charge on any atom is 0.0351 e. The molecule has 112 valence electrons. The van der Waals surface area contributed by atoms with E-state index < -0.39 is 0 Å². The second-order valence-electron chi connectivity index (χ2n) is 4.68. The van der Waals surface area contributed by atoms with Crippen molar-refractivity contribution in [2.45, 2.75) is 65.2 Å². The summed E-state index contributed by atoms with van der Waals surface area (Å²) in [6.45, 7) is 4.54. The minimum absolute atomic E-state index is 1.37. The number of hydrogen-bond donors (Lipinski definition) is 0. The van der Waals surface area contributed by atoms with Crippen molar-refractivity contribution in [2.75, 3.05) is 14.2 Å². The van der Waals surface area contributed by atoms with Crippen molar-refractivity contribution in [3.05, 3.63) is 36.4 Å². The maximum absolute atomic E-state index is 4.25. The first-order valence-electron chi connectivity index (χ1n) is 7.73. The Morgan fingerprint density at radius 1 is 0.526 bits per heavy atom. The highest BCUT2D eigenvalue weighted by molar-refractivity contribution is 4.99. The minimum Gasteiger partial charge on any atom is -0.388 e. The number of hydrogen-bond acceptors (Lipinski definition) is 1. The fourth-order valence-corrected chi connectivity index (χ4v) is 1.59. The zero-order chi connectivity index (χ0) is 14.6. The molecule has 0 amide bonds. The van der Waals surface area contributed by atoms with Crippen LogP contribution in [0.1, 0.15) is 65.2 Å². The van der Waals surface area contributed by atoms with Crippen LogP contribution in [0.5, 0.6) is 0 Å². The molecule has 0 heterocycles. The quantitative estimate of drug-likeness (QED) is 0.542. The molecule has 0 atom stereocenters. The number of ether oxygens (including phenoxy) is 1. The van der Waals surface area contributed by atoms with Crippen molar-refractivity contribution in [3.8, 4) is 0 Å². The Balaban J connectivity index is 0. The fraction of sp³-hybridized carbons (Fsp3) is 0.667. The van der Waals surface area contributed by atoms with E-state index in [-0.39, 0.29) is 0 Å². The molecule has 0 saturated heterocycles. The smallest absolute Gasteiger partial charge is 0.0351 e. The van der Waals surface area contributed by atoms with Gasteiger partial charge in [-0.15, -0.1) is 0 Å². The average Bonchev–Trinajstić information content (AvgIpc) is 2.46. The Morgan fingerprint density at radius 2 is 0.737 bits per heavy atom. The molecule has 1 aromatic carbocycles. The third-order valence-electron chi connectivity index (χ3n) is 2.62. The summed E-state index contributed by atoms with van der Waals surface area (Å²) in [5.74, 6) is 0. The lowest BCUT2D eigenvalue weighted by Gasteiger charge is -1.97. The van der Waals surface area contributed by atoms with Crippen molar-refractivity contribution < 1.29 is 4.74 Å². The van der Waals surface area contributed by atoms with Crippen molar-refractivity contribution in [1.82, 2.24) is 0 Å². The summed E-state index contributed by atoms with van der Waals surface area (Å²) < 4.78 is 4.25. The molecule has 0 radical (unpaired) electrons. The predicted molar refractivity (Wildman–Crippen MR) is 87.7 cm³/mol. The van der Waals surface area contributed by atoms with Crippen LogP contribution in [-0.2, 0) is 4.74 Å². The first-order chi connectivity index (χ1) is 9.33. The Labute approximate surface area is 121 Å². The van der Waals surface area contributed by atoms with E-state index >= 15 is 0 Å². The van der Waals surface area contributed by atoms with Crippen LogP contribution in [0.15, 0.2) is 36.4 Å². The Bertz CT molecular complexity index is 173. The van der Waals surface area contributed by atoms with Gasteiger partial charge in [0.15, 0.2) is 0 Å². The summed E-state index contributed by atoms with van der Waals surface area (Å²) in [5.41, 5.74) is 0. The second kappa shape index (κ2) is 22.4. The number of benzene rings is 1. The highest BCUT2D eigenvalue weighted by Gasteiger charge is 1.87. The predicted octanol–water partition coefficient (Wildman–Crippen LogP) is 6.10. The van der Waals surface area contributed by atoms with Gasteiger partial charge in [0.25, 0.3) is 0 Å². The Kier molecular flexibility index (Phi) is 24.1. The van der Waals surface area contributed by atoms with Gasteiger partial charge in [-0.1, -0.05) is 102 Å². The molecular weight excluding hydrogens is 232 g/mol. The summed E-state index contributed by atoms with van der Waals surface area (Å²) in [5, 5.41) is 0. The number of unbranched alkanes of at least 4 members (excludes halogenated alkanes) is 7. The van der Waals surface area contributed by atoms with E-state index in [9.17, 15) is 0 Å². The van der Waals surface area contributed by atoms with Gasteiger partial charge in [0.05, 0.1) is 0 Å². The van der Waals surface area contributed by atoms with Crippen LogP contribution in [-0.4, -0.2) is 14.2 Å². The highest BCUT2D eigenvalue weighted by atomic mass is 16.4. The monoisotopic (exact) mass is 266 g/mol. The van der Waals surface area contributed by atoms with Gasteiger partial charge < -0.3 is 4.74 Å². The average molecular weight is 266 g/mol. The zero-order valence-electron chi connectivity index (χ0n) is 13.5. The molecule has 0 aliphatic carbocycles. The molecule has 1 heteroatoms. The first-order valence-corrected chi connectivity index (χ1v) is 7.73. The molecule has 1 rings (SSSR count). The SMILES string of the molecule is CCCCCCCCCC.COC.c1ccccc1. The standard InChI is InChI=1S/C10H22.C6H6.C2H6O/c1-3-5-7-9-10-8-6-4-2;1-2-4-6-5-3-1;1-3-2/h3-10H2,1-2H3;1-6H;1-2H3. The van der Waals surface area contributed by atoms with Crippen LogP contribution < -0.4 is 0 Å². The van der Waals surface area contributed by atoms with E-state index in [1.54, 1.807) is 14.2 Å².